The van der Waals surface area contributed by atoms with E-state index >= 15 is 0 Å². The van der Waals surface area contributed by atoms with Gasteiger partial charge in [0.1, 0.15) is 5.58 Å². The monoisotopic (exact) mass is 359 g/mol. The smallest absolute Gasteiger partial charge is 0.464 e. The summed E-state index contributed by atoms with van der Waals surface area (Å²) in [6.07, 6.45) is 5.16. The van der Waals surface area contributed by atoms with E-state index in [0.29, 0.717) is 6.42 Å². The predicted octanol–water partition coefficient (Wildman–Crippen LogP) is 2.01. The molecule has 1 aliphatic heterocycles. The number of hydrogen-bond donors (Lipinski definition) is 3. The minimum atomic E-state index is -1.60. The van der Waals surface area contributed by atoms with Gasteiger partial charge in [-0.05, 0) is 54.2 Å². The molecule has 2 heterocycles. The van der Waals surface area contributed by atoms with Gasteiger partial charge in [0.25, 0.3) is 0 Å². The average molecular weight is 359 g/mol. The summed E-state index contributed by atoms with van der Waals surface area (Å²) in [4.78, 5) is 12.6. The van der Waals surface area contributed by atoms with Crippen LogP contribution in [-0.2, 0) is 11.2 Å². The van der Waals surface area contributed by atoms with Gasteiger partial charge in [-0.1, -0.05) is 18.2 Å². The first-order chi connectivity index (χ1) is 12.1. The predicted molar refractivity (Wildman–Crippen MR) is 99.1 cm³/mol. The van der Waals surface area contributed by atoms with Gasteiger partial charge < -0.3 is 19.8 Å². The molecule has 1 aromatic heterocycles. The van der Waals surface area contributed by atoms with Crippen LogP contribution in [0.15, 0.2) is 34.9 Å². The number of nitrogens with one attached hydrogen (secondary N) is 1. The van der Waals surface area contributed by atoms with E-state index in [4.69, 9.17) is 4.42 Å². The molecule has 2 unspecified atom stereocenters. The third kappa shape index (κ3) is 3.33. The van der Waals surface area contributed by atoms with E-state index in [1.807, 2.05) is 36.0 Å². The van der Waals surface area contributed by atoms with Gasteiger partial charge in [0.2, 0.25) is 5.91 Å². The Kier molecular flexibility index (Phi) is 4.56. The number of carbonyl (C=O) groups excluding carboxylic acids is 1. The van der Waals surface area contributed by atoms with E-state index in [1.54, 1.807) is 6.26 Å². The van der Waals surface area contributed by atoms with Crippen LogP contribution < -0.4 is 5.32 Å². The molecule has 1 aliphatic carbocycles. The van der Waals surface area contributed by atoms with Crippen LogP contribution in [0.3, 0.4) is 0 Å². The zero-order valence-corrected chi connectivity index (χ0v) is 14.8. The Balaban J connectivity index is 1.44. The summed E-state index contributed by atoms with van der Waals surface area (Å²) < 4.78 is 5.51. The number of benzene rings is 1. The quantitative estimate of drug-likeness (QED) is 0.712. The molecule has 0 bridgehead atoms. The van der Waals surface area contributed by atoms with Crippen molar-refractivity contribution in [1.29, 1.82) is 0 Å². The summed E-state index contributed by atoms with van der Waals surface area (Å²) >= 11 is 1.92. The van der Waals surface area contributed by atoms with Crippen molar-refractivity contribution in [2.24, 2.45) is 11.3 Å². The standard InChI is InChI=1S/C18H22BNO4S/c21-17(14-9-18(14)6-3-7-25-11-18)20-16(19(22)23)8-12-10-24-15-5-2-1-4-13(12)15/h1-2,4-5,10,14,16,22-23H,3,6-9,11H2,(H,20,21)/t14?,16-,18?/m0/s1. The number of rotatable bonds is 5. The Labute approximate surface area is 151 Å². The van der Waals surface area contributed by atoms with Crippen LogP contribution in [0.2, 0.25) is 0 Å². The fourth-order valence-corrected chi connectivity index (χ4v) is 5.33. The molecule has 132 valence electrons. The summed E-state index contributed by atoms with van der Waals surface area (Å²) in [6.45, 7) is 0. The first-order valence-electron chi connectivity index (χ1n) is 8.78. The van der Waals surface area contributed by atoms with Crippen molar-refractivity contribution < 1.29 is 19.3 Å². The second-order valence-electron chi connectivity index (χ2n) is 7.27. The second kappa shape index (κ2) is 6.70. The molecule has 2 fully saturated rings. The minimum absolute atomic E-state index is 0.0163. The Morgan fingerprint density at radius 3 is 3.04 bits per heavy atom. The Hall–Kier alpha value is -1.44. The largest absolute Gasteiger partial charge is 0.475 e. The SMILES string of the molecule is O=C(N[C@@H](Cc1coc2ccccc12)B(O)O)C1CC12CCCSC2. The van der Waals surface area contributed by atoms with Gasteiger partial charge in [0, 0.05) is 11.3 Å². The zero-order chi connectivity index (χ0) is 17.4. The highest BCUT2D eigenvalue weighted by Crippen LogP contribution is 2.59. The first-order valence-corrected chi connectivity index (χ1v) is 9.94. The lowest BCUT2D eigenvalue weighted by atomic mass is 9.75. The molecule has 1 spiro atoms. The van der Waals surface area contributed by atoms with Gasteiger partial charge in [0.15, 0.2) is 0 Å². The van der Waals surface area contributed by atoms with E-state index in [-0.39, 0.29) is 17.2 Å². The number of amides is 1. The van der Waals surface area contributed by atoms with Crippen molar-refractivity contribution in [3.05, 3.63) is 36.1 Å². The maximum atomic E-state index is 12.6. The molecule has 1 amide bonds. The first kappa shape index (κ1) is 17.0. The van der Waals surface area contributed by atoms with Crippen LogP contribution in [0.25, 0.3) is 11.0 Å². The summed E-state index contributed by atoms with van der Waals surface area (Å²) in [5.74, 6) is 1.46. The Morgan fingerprint density at radius 2 is 2.28 bits per heavy atom. The van der Waals surface area contributed by atoms with Gasteiger partial charge in [-0.3, -0.25) is 4.79 Å². The van der Waals surface area contributed by atoms with Gasteiger partial charge in [0.05, 0.1) is 12.2 Å². The maximum Gasteiger partial charge on any atom is 0.475 e. The molecule has 1 aromatic carbocycles. The molecule has 0 radical (unpaired) electrons. The molecular formula is C18H22BNO4S. The fraction of sp³-hybridized carbons (Fsp3) is 0.500. The number of carbonyl (C=O) groups is 1. The topological polar surface area (TPSA) is 82.7 Å². The molecule has 3 N–H and O–H groups in total. The molecule has 2 aliphatic rings. The molecule has 4 rings (SSSR count). The summed E-state index contributed by atoms with van der Waals surface area (Å²) in [6, 6.07) is 7.62. The summed E-state index contributed by atoms with van der Waals surface area (Å²) in [5.41, 5.74) is 1.78. The van der Waals surface area contributed by atoms with Crippen molar-refractivity contribution in [3.63, 3.8) is 0 Å². The third-order valence-electron chi connectivity index (χ3n) is 5.55. The lowest BCUT2D eigenvalue weighted by molar-refractivity contribution is -0.123. The minimum Gasteiger partial charge on any atom is -0.464 e. The molecule has 7 heteroatoms. The zero-order valence-electron chi connectivity index (χ0n) is 14.0. The third-order valence-corrected chi connectivity index (χ3v) is 6.90. The van der Waals surface area contributed by atoms with Crippen LogP contribution in [0.1, 0.15) is 24.8 Å². The number of furan rings is 1. The van der Waals surface area contributed by atoms with Crippen molar-refractivity contribution in [2.45, 2.75) is 31.6 Å². The number of hydrogen-bond acceptors (Lipinski definition) is 5. The van der Waals surface area contributed by atoms with Crippen LogP contribution in [0.4, 0.5) is 0 Å². The second-order valence-corrected chi connectivity index (χ2v) is 8.37. The van der Waals surface area contributed by atoms with Gasteiger partial charge in [-0.25, -0.2) is 0 Å². The highest BCUT2D eigenvalue weighted by atomic mass is 32.2. The highest BCUT2D eigenvalue weighted by molar-refractivity contribution is 7.99. The van der Waals surface area contributed by atoms with E-state index < -0.39 is 13.1 Å². The van der Waals surface area contributed by atoms with Crippen molar-refractivity contribution >= 4 is 35.8 Å². The van der Waals surface area contributed by atoms with Crippen LogP contribution in [-0.4, -0.2) is 40.5 Å². The van der Waals surface area contributed by atoms with Crippen molar-refractivity contribution in [3.8, 4) is 0 Å². The van der Waals surface area contributed by atoms with Gasteiger partial charge in [-0.2, -0.15) is 11.8 Å². The highest BCUT2D eigenvalue weighted by Gasteiger charge is 2.58. The van der Waals surface area contributed by atoms with Crippen molar-refractivity contribution in [1.82, 2.24) is 5.32 Å². The van der Waals surface area contributed by atoms with E-state index in [2.05, 4.69) is 5.32 Å². The van der Waals surface area contributed by atoms with E-state index in [9.17, 15) is 14.8 Å². The summed E-state index contributed by atoms with van der Waals surface area (Å²) in [7, 11) is -1.60. The van der Waals surface area contributed by atoms with Gasteiger partial charge in [-0.15, -0.1) is 0 Å². The molecule has 25 heavy (non-hydrogen) atoms. The van der Waals surface area contributed by atoms with E-state index in [1.165, 1.54) is 12.2 Å². The molecule has 2 aromatic rings. The molecular weight excluding hydrogens is 337 g/mol. The lowest BCUT2D eigenvalue weighted by Crippen LogP contribution is -2.49. The average Bonchev–Trinajstić information content (AvgIpc) is 3.15. The Morgan fingerprint density at radius 1 is 1.44 bits per heavy atom. The number of para-hydroxylation sites is 1. The van der Waals surface area contributed by atoms with Crippen LogP contribution in [0, 0.1) is 11.3 Å². The van der Waals surface area contributed by atoms with Gasteiger partial charge >= 0.3 is 7.12 Å². The molecule has 5 nitrogen and oxygen atoms in total. The van der Waals surface area contributed by atoms with Crippen LogP contribution in [0.5, 0.6) is 0 Å². The Bertz CT molecular complexity index is 771. The molecule has 1 saturated carbocycles. The number of fused-ring (bicyclic) bond motifs is 1. The fourth-order valence-electron chi connectivity index (χ4n) is 3.97. The summed E-state index contributed by atoms with van der Waals surface area (Å²) in [5, 5.41) is 23.3. The number of thioether (sulfide) groups is 1. The van der Waals surface area contributed by atoms with E-state index in [0.717, 1.165) is 35.1 Å². The maximum absolute atomic E-state index is 12.6. The van der Waals surface area contributed by atoms with Crippen molar-refractivity contribution in [2.75, 3.05) is 11.5 Å². The normalized spacial score (nSPS) is 26.6. The molecule has 1 saturated heterocycles. The van der Waals surface area contributed by atoms with Crippen LogP contribution >= 0.6 is 11.8 Å². The molecule has 3 atom stereocenters. The lowest BCUT2D eigenvalue weighted by Gasteiger charge is -2.23.